The van der Waals surface area contributed by atoms with Crippen LogP contribution in [0.1, 0.15) is 44.6 Å². The molecule has 1 saturated carbocycles. The summed E-state index contributed by atoms with van der Waals surface area (Å²) in [5, 5.41) is 9.88. The van der Waals surface area contributed by atoms with Gasteiger partial charge in [-0.3, -0.25) is 14.5 Å². The van der Waals surface area contributed by atoms with E-state index in [-0.39, 0.29) is 23.5 Å². The van der Waals surface area contributed by atoms with Gasteiger partial charge in [0.1, 0.15) is 5.75 Å². The van der Waals surface area contributed by atoms with Crippen LogP contribution in [0.15, 0.2) is 21.1 Å². The molecule has 1 heterocycles. The third kappa shape index (κ3) is 6.45. The Morgan fingerprint density at radius 2 is 1.68 bits per heavy atom. The lowest BCUT2D eigenvalue weighted by Gasteiger charge is -2.42. The molecule has 2 aliphatic rings. The van der Waals surface area contributed by atoms with E-state index in [2.05, 4.69) is 36.8 Å². The summed E-state index contributed by atoms with van der Waals surface area (Å²) < 4.78 is 6.06. The fourth-order valence-corrected chi connectivity index (χ4v) is 6.11. The number of amides is 1. The SMILES string of the molecule is COC(=O)CC1CCC(N2CCN(C(=O)[C@H](C)Cc3cc(Br)c(O)c(Br)c3)CC2)CC1. The molecule has 1 saturated heterocycles. The highest BCUT2D eigenvalue weighted by Gasteiger charge is 2.31. The number of halogens is 2. The quantitative estimate of drug-likeness (QED) is 0.524. The minimum Gasteiger partial charge on any atom is -0.506 e. The van der Waals surface area contributed by atoms with Gasteiger partial charge in [-0.2, -0.15) is 0 Å². The second-order valence-corrected chi connectivity index (χ2v) is 10.5. The van der Waals surface area contributed by atoms with Gasteiger partial charge in [-0.1, -0.05) is 6.92 Å². The average molecular weight is 560 g/mol. The third-order valence-electron chi connectivity index (χ3n) is 6.68. The summed E-state index contributed by atoms with van der Waals surface area (Å²) >= 11 is 6.72. The number of phenolic OH excluding ortho intramolecular Hbond substituents is 1. The number of rotatable bonds is 6. The van der Waals surface area contributed by atoms with Crippen molar-refractivity contribution in [2.24, 2.45) is 11.8 Å². The maximum absolute atomic E-state index is 13.0. The number of methoxy groups -OCH3 is 1. The van der Waals surface area contributed by atoms with Crippen LogP contribution >= 0.6 is 31.9 Å². The number of benzene rings is 1. The molecule has 6 nitrogen and oxygen atoms in total. The topological polar surface area (TPSA) is 70.1 Å². The Balaban J connectivity index is 1.45. The summed E-state index contributed by atoms with van der Waals surface area (Å²) in [4.78, 5) is 29.0. The third-order valence-corrected chi connectivity index (χ3v) is 7.89. The summed E-state index contributed by atoms with van der Waals surface area (Å²) in [6.45, 7) is 5.36. The van der Waals surface area contributed by atoms with Crippen LogP contribution in [0.2, 0.25) is 0 Å². The first-order valence-corrected chi connectivity index (χ1v) is 12.6. The molecule has 172 valence electrons. The molecule has 0 aromatic heterocycles. The van der Waals surface area contributed by atoms with Crippen LogP contribution < -0.4 is 0 Å². The number of carbonyl (C=O) groups is 2. The fraction of sp³-hybridized carbons (Fsp3) is 0.652. The highest BCUT2D eigenvalue weighted by atomic mass is 79.9. The molecule has 1 atom stereocenters. The first-order valence-electron chi connectivity index (χ1n) is 11.0. The molecule has 1 N–H and O–H groups in total. The van der Waals surface area contributed by atoms with Crippen molar-refractivity contribution in [1.82, 2.24) is 9.80 Å². The lowest BCUT2D eigenvalue weighted by molar-refractivity contribution is -0.142. The molecule has 31 heavy (non-hydrogen) atoms. The Morgan fingerprint density at radius 3 is 2.23 bits per heavy atom. The van der Waals surface area contributed by atoms with E-state index in [1.165, 1.54) is 7.11 Å². The lowest BCUT2D eigenvalue weighted by atomic mass is 9.83. The highest BCUT2D eigenvalue weighted by Crippen LogP contribution is 2.34. The van der Waals surface area contributed by atoms with Crippen molar-refractivity contribution in [2.75, 3.05) is 33.3 Å². The standard InChI is InChI=1S/C23H32Br2N2O4/c1-15(11-17-12-19(24)22(29)20(25)13-17)23(30)27-9-7-26(8-10-27)18-5-3-16(4-6-18)14-21(28)31-2/h12-13,15-16,18,29H,3-11,14H2,1-2H3/t15-,16?,18?/m1/s1. The summed E-state index contributed by atoms with van der Waals surface area (Å²) in [5.41, 5.74) is 1.01. The fourth-order valence-electron chi connectivity index (χ4n) is 4.83. The van der Waals surface area contributed by atoms with Crippen LogP contribution in [0.4, 0.5) is 0 Å². The van der Waals surface area contributed by atoms with Crippen molar-refractivity contribution < 1.29 is 19.4 Å². The number of piperazine rings is 1. The number of carbonyl (C=O) groups excluding carboxylic acids is 2. The number of hydrogen-bond acceptors (Lipinski definition) is 5. The molecule has 8 heteroatoms. The van der Waals surface area contributed by atoms with Gasteiger partial charge >= 0.3 is 5.97 Å². The van der Waals surface area contributed by atoms with Gasteiger partial charge in [0.25, 0.3) is 0 Å². The van der Waals surface area contributed by atoms with Crippen LogP contribution in [-0.2, 0) is 20.7 Å². The minimum atomic E-state index is -0.108. The molecule has 1 aliphatic heterocycles. The first-order chi connectivity index (χ1) is 14.8. The van der Waals surface area contributed by atoms with E-state index in [1.54, 1.807) is 0 Å². The Hall–Kier alpha value is -1.12. The minimum absolute atomic E-state index is 0.100. The van der Waals surface area contributed by atoms with Crippen LogP contribution in [-0.4, -0.2) is 66.1 Å². The van der Waals surface area contributed by atoms with Crippen molar-refractivity contribution in [3.05, 3.63) is 26.6 Å². The van der Waals surface area contributed by atoms with E-state index in [1.807, 2.05) is 24.0 Å². The van der Waals surface area contributed by atoms with Gasteiger partial charge in [0.2, 0.25) is 5.91 Å². The van der Waals surface area contributed by atoms with Crippen LogP contribution in [0.5, 0.6) is 5.75 Å². The van der Waals surface area contributed by atoms with E-state index in [9.17, 15) is 14.7 Å². The lowest BCUT2D eigenvalue weighted by Crippen LogP contribution is -2.53. The molecule has 0 unspecified atom stereocenters. The smallest absolute Gasteiger partial charge is 0.305 e. The molecule has 0 spiro atoms. The Kier molecular flexibility index (Phi) is 8.82. The number of nitrogens with zero attached hydrogens (tertiary/aromatic N) is 2. The number of ether oxygens (including phenoxy) is 1. The highest BCUT2D eigenvalue weighted by molar-refractivity contribution is 9.11. The first kappa shape index (κ1) is 24.5. The predicted molar refractivity (Wildman–Crippen MR) is 127 cm³/mol. The largest absolute Gasteiger partial charge is 0.506 e. The molecule has 1 aromatic rings. The Morgan fingerprint density at radius 1 is 1.10 bits per heavy atom. The van der Waals surface area contributed by atoms with Crippen molar-refractivity contribution in [2.45, 2.75) is 51.5 Å². The summed E-state index contributed by atoms with van der Waals surface area (Å²) in [6, 6.07) is 4.31. The zero-order chi connectivity index (χ0) is 22.5. The van der Waals surface area contributed by atoms with Gasteiger partial charge in [0.15, 0.2) is 0 Å². The molecular weight excluding hydrogens is 528 g/mol. The number of hydrogen-bond donors (Lipinski definition) is 1. The van der Waals surface area contributed by atoms with Gasteiger partial charge in [0.05, 0.1) is 16.1 Å². The summed E-state index contributed by atoms with van der Waals surface area (Å²) in [5.74, 6) is 0.618. The molecule has 1 aliphatic carbocycles. The second kappa shape index (κ2) is 11.1. The normalized spacial score (nSPS) is 23.4. The molecule has 1 amide bonds. The van der Waals surface area contributed by atoms with Crippen molar-refractivity contribution in [1.29, 1.82) is 0 Å². The molecule has 0 bridgehead atoms. The van der Waals surface area contributed by atoms with E-state index < -0.39 is 0 Å². The zero-order valence-electron chi connectivity index (χ0n) is 18.3. The van der Waals surface area contributed by atoms with Gasteiger partial charge in [-0.25, -0.2) is 0 Å². The van der Waals surface area contributed by atoms with Gasteiger partial charge in [-0.15, -0.1) is 0 Å². The van der Waals surface area contributed by atoms with E-state index in [0.29, 0.717) is 33.7 Å². The Bertz CT molecular complexity index is 765. The monoisotopic (exact) mass is 558 g/mol. The molecular formula is C23H32Br2N2O4. The number of phenols is 1. The number of esters is 1. The van der Waals surface area contributed by atoms with E-state index in [0.717, 1.165) is 57.4 Å². The summed E-state index contributed by atoms with van der Waals surface area (Å²) in [6.07, 6.45) is 5.58. The maximum Gasteiger partial charge on any atom is 0.305 e. The molecule has 2 fully saturated rings. The molecule has 1 aromatic carbocycles. The van der Waals surface area contributed by atoms with Gasteiger partial charge in [-0.05, 0) is 87.6 Å². The second-order valence-electron chi connectivity index (χ2n) is 8.83. The van der Waals surface area contributed by atoms with Gasteiger partial charge in [0, 0.05) is 44.6 Å². The predicted octanol–water partition coefficient (Wildman–Crippen LogP) is 4.36. The van der Waals surface area contributed by atoms with Crippen LogP contribution in [0.25, 0.3) is 0 Å². The maximum atomic E-state index is 13.0. The van der Waals surface area contributed by atoms with Crippen molar-refractivity contribution >= 4 is 43.7 Å². The Labute approximate surface area is 201 Å². The molecule has 0 radical (unpaired) electrons. The summed E-state index contributed by atoms with van der Waals surface area (Å²) in [7, 11) is 1.46. The zero-order valence-corrected chi connectivity index (χ0v) is 21.5. The van der Waals surface area contributed by atoms with Crippen molar-refractivity contribution in [3.63, 3.8) is 0 Å². The average Bonchev–Trinajstić information content (AvgIpc) is 2.77. The van der Waals surface area contributed by atoms with E-state index >= 15 is 0 Å². The van der Waals surface area contributed by atoms with Gasteiger partial charge < -0.3 is 14.7 Å². The van der Waals surface area contributed by atoms with E-state index in [4.69, 9.17) is 4.74 Å². The van der Waals surface area contributed by atoms with Crippen LogP contribution in [0, 0.1) is 11.8 Å². The number of aromatic hydroxyl groups is 1. The van der Waals surface area contributed by atoms with Crippen LogP contribution in [0.3, 0.4) is 0 Å². The molecule has 3 rings (SSSR count). The van der Waals surface area contributed by atoms with Crippen molar-refractivity contribution in [3.8, 4) is 5.75 Å².